The standard InChI is InChI=1S/C17H17Cl2N3O5S2/c1-10-11(18)8-20-16(14(10)19)21-13(23)9-27-17(24)15-12(4-7-28-15)29(25,26)22-5-2-3-6-22/h4,7-8H,2-3,5-6,9H2,1H3,(H,20,21,23). The zero-order valence-corrected chi connectivity index (χ0v) is 18.4. The van der Waals surface area contributed by atoms with Crippen molar-refractivity contribution in [3.63, 3.8) is 0 Å². The zero-order chi connectivity index (χ0) is 21.2. The predicted molar refractivity (Wildman–Crippen MR) is 110 cm³/mol. The summed E-state index contributed by atoms with van der Waals surface area (Å²) in [5.41, 5.74) is 0.547. The third-order valence-corrected chi connectivity index (χ3v) is 8.10. The van der Waals surface area contributed by atoms with Gasteiger partial charge in [-0.2, -0.15) is 4.31 Å². The number of carbonyl (C=O) groups excluding carboxylic acids is 2. The highest BCUT2D eigenvalue weighted by molar-refractivity contribution is 7.89. The summed E-state index contributed by atoms with van der Waals surface area (Å²) in [7, 11) is -3.77. The van der Waals surface area contributed by atoms with Crippen LogP contribution in [0, 0.1) is 6.92 Å². The number of esters is 1. The highest BCUT2D eigenvalue weighted by Gasteiger charge is 2.32. The SMILES string of the molecule is Cc1c(Cl)cnc(NC(=O)COC(=O)c2sccc2S(=O)(=O)N2CCCC2)c1Cl. The van der Waals surface area contributed by atoms with E-state index in [9.17, 15) is 18.0 Å². The minimum Gasteiger partial charge on any atom is -0.451 e. The quantitative estimate of drug-likeness (QED) is 0.639. The van der Waals surface area contributed by atoms with Gasteiger partial charge in [0.15, 0.2) is 12.4 Å². The number of anilines is 1. The van der Waals surface area contributed by atoms with Gasteiger partial charge in [0, 0.05) is 19.3 Å². The first-order valence-electron chi connectivity index (χ1n) is 8.57. The molecular formula is C17H17Cl2N3O5S2. The van der Waals surface area contributed by atoms with Crippen LogP contribution in [0.3, 0.4) is 0 Å². The Balaban J connectivity index is 1.65. The number of halogens is 2. The van der Waals surface area contributed by atoms with Gasteiger partial charge in [0.1, 0.15) is 9.77 Å². The maximum Gasteiger partial charge on any atom is 0.350 e. The molecule has 1 aliphatic rings. The molecule has 3 heterocycles. The molecule has 156 valence electrons. The Morgan fingerprint density at radius 1 is 1.31 bits per heavy atom. The van der Waals surface area contributed by atoms with Gasteiger partial charge in [0.05, 0.1) is 10.0 Å². The van der Waals surface area contributed by atoms with E-state index >= 15 is 0 Å². The van der Waals surface area contributed by atoms with Crippen LogP contribution in [0.5, 0.6) is 0 Å². The molecule has 0 bridgehead atoms. The smallest absolute Gasteiger partial charge is 0.350 e. The van der Waals surface area contributed by atoms with E-state index in [0.29, 0.717) is 23.7 Å². The highest BCUT2D eigenvalue weighted by Crippen LogP contribution is 2.29. The van der Waals surface area contributed by atoms with Gasteiger partial charge in [0.25, 0.3) is 5.91 Å². The van der Waals surface area contributed by atoms with E-state index < -0.39 is 28.5 Å². The van der Waals surface area contributed by atoms with Crippen molar-refractivity contribution in [3.8, 4) is 0 Å². The van der Waals surface area contributed by atoms with Gasteiger partial charge in [-0.15, -0.1) is 11.3 Å². The molecule has 0 aromatic carbocycles. The van der Waals surface area contributed by atoms with Gasteiger partial charge in [-0.1, -0.05) is 23.2 Å². The molecule has 2 aromatic rings. The van der Waals surface area contributed by atoms with E-state index in [1.54, 1.807) is 6.92 Å². The first-order valence-corrected chi connectivity index (χ1v) is 11.6. The van der Waals surface area contributed by atoms with Crippen LogP contribution < -0.4 is 5.32 Å². The molecule has 0 aliphatic carbocycles. The number of hydrogen-bond donors (Lipinski definition) is 1. The number of aromatic nitrogens is 1. The predicted octanol–water partition coefficient (Wildman–Crippen LogP) is 3.34. The van der Waals surface area contributed by atoms with Crippen LogP contribution in [0.1, 0.15) is 28.1 Å². The van der Waals surface area contributed by atoms with Crippen molar-refractivity contribution in [1.29, 1.82) is 0 Å². The van der Waals surface area contributed by atoms with Gasteiger partial charge in [-0.25, -0.2) is 18.2 Å². The molecule has 8 nitrogen and oxygen atoms in total. The van der Waals surface area contributed by atoms with Gasteiger partial charge in [0.2, 0.25) is 10.0 Å². The molecule has 12 heteroatoms. The van der Waals surface area contributed by atoms with Gasteiger partial charge < -0.3 is 10.1 Å². The number of nitrogens with one attached hydrogen (secondary N) is 1. The Kier molecular flexibility index (Phi) is 6.79. The van der Waals surface area contributed by atoms with Crippen molar-refractivity contribution in [3.05, 3.63) is 38.1 Å². The number of nitrogens with zero attached hydrogens (tertiary/aromatic N) is 2. The summed E-state index contributed by atoms with van der Waals surface area (Å²) >= 11 is 12.9. The number of thiophene rings is 1. The summed E-state index contributed by atoms with van der Waals surface area (Å²) in [5, 5.41) is 4.45. The topological polar surface area (TPSA) is 106 Å². The Bertz CT molecular complexity index is 1050. The number of sulfonamides is 1. The van der Waals surface area contributed by atoms with E-state index in [0.717, 1.165) is 24.2 Å². The summed E-state index contributed by atoms with van der Waals surface area (Å²) in [6.07, 6.45) is 2.90. The fourth-order valence-electron chi connectivity index (χ4n) is 2.73. The summed E-state index contributed by atoms with van der Waals surface area (Å²) in [5.74, 6) is -1.47. The van der Waals surface area contributed by atoms with E-state index in [-0.39, 0.29) is 20.6 Å². The fraction of sp³-hybridized carbons (Fsp3) is 0.353. The molecular weight excluding hydrogens is 461 g/mol. The summed E-state index contributed by atoms with van der Waals surface area (Å²) in [6, 6.07) is 1.37. The molecule has 1 fully saturated rings. The maximum atomic E-state index is 12.7. The third kappa shape index (κ3) is 4.72. The molecule has 29 heavy (non-hydrogen) atoms. The molecule has 1 N–H and O–H groups in total. The second-order valence-corrected chi connectivity index (χ2v) is 9.85. The van der Waals surface area contributed by atoms with Gasteiger partial charge in [-0.3, -0.25) is 4.79 Å². The number of pyridine rings is 1. The molecule has 0 saturated carbocycles. The van der Waals surface area contributed by atoms with E-state index in [1.165, 1.54) is 21.9 Å². The average Bonchev–Trinajstić information content (AvgIpc) is 3.39. The van der Waals surface area contributed by atoms with Crippen LogP contribution >= 0.6 is 34.5 Å². The van der Waals surface area contributed by atoms with Crippen LogP contribution in [0.2, 0.25) is 10.0 Å². The highest BCUT2D eigenvalue weighted by atomic mass is 35.5. The lowest BCUT2D eigenvalue weighted by molar-refractivity contribution is -0.119. The molecule has 3 rings (SSSR count). The van der Waals surface area contributed by atoms with Gasteiger partial charge >= 0.3 is 5.97 Å². The molecule has 0 unspecified atom stereocenters. The van der Waals surface area contributed by atoms with Crippen LogP contribution in [0.4, 0.5) is 5.82 Å². The Labute approximate surface area is 181 Å². The van der Waals surface area contributed by atoms with Crippen molar-refractivity contribution in [2.24, 2.45) is 0 Å². The third-order valence-electron chi connectivity index (χ3n) is 4.29. The number of ether oxygens (including phenoxy) is 1. The second kappa shape index (κ2) is 8.97. The zero-order valence-electron chi connectivity index (χ0n) is 15.3. The lowest BCUT2D eigenvalue weighted by Gasteiger charge is -2.15. The van der Waals surface area contributed by atoms with Gasteiger partial charge in [-0.05, 0) is 36.8 Å². The van der Waals surface area contributed by atoms with Crippen molar-refractivity contribution in [2.75, 3.05) is 25.0 Å². The minimum atomic E-state index is -3.77. The molecule has 0 spiro atoms. The second-order valence-electron chi connectivity index (χ2n) is 6.24. The van der Waals surface area contributed by atoms with Crippen LogP contribution in [0.15, 0.2) is 22.5 Å². The van der Waals surface area contributed by atoms with E-state index in [4.69, 9.17) is 27.9 Å². The largest absolute Gasteiger partial charge is 0.451 e. The molecule has 1 amide bonds. The lowest BCUT2D eigenvalue weighted by atomic mass is 10.3. The van der Waals surface area contributed by atoms with Crippen molar-refractivity contribution in [2.45, 2.75) is 24.7 Å². The average molecular weight is 478 g/mol. The first-order chi connectivity index (χ1) is 13.7. The van der Waals surface area contributed by atoms with Crippen LogP contribution in [-0.4, -0.2) is 49.3 Å². The number of amides is 1. The van der Waals surface area contributed by atoms with Crippen LogP contribution in [0.25, 0.3) is 0 Å². The summed E-state index contributed by atoms with van der Waals surface area (Å²) < 4.78 is 31.8. The monoisotopic (exact) mass is 477 g/mol. The summed E-state index contributed by atoms with van der Waals surface area (Å²) in [6.45, 7) is 1.88. The Morgan fingerprint density at radius 3 is 2.69 bits per heavy atom. The van der Waals surface area contributed by atoms with E-state index in [1.807, 2.05) is 0 Å². The normalized spacial score (nSPS) is 14.7. The van der Waals surface area contributed by atoms with Crippen molar-refractivity contribution in [1.82, 2.24) is 9.29 Å². The van der Waals surface area contributed by atoms with Crippen molar-refractivity contribution >= 4 is 62.3 Å². The number of carbonyl (C=O) groups is 2. The molecule has 0 radical (unpaired) electrons. The van der Waals surface area contributed by atoms with Crippen molar-refractivity contribution < 1.29 is 22.7 Å². The first kappa shape index (κ1) is 22.0. The Hall–Kier alpha value is -1.72. The molecule has 1 aliphatic heterocycles. The molecule has 0 atom stereocenters. The fourth-order valence-corrected chi connectivity index (χ4v) is 5.92. The molecule has 2 aromatic heterocycles. The number of hydrogen-bond acceptors (Lipinski definition) is 7. The maximum absolute atomic E-state index is 12.7. The Morgan fingerprint density at radius 2 is 2.00 bits per heavy atom. The number of rotatable bonds is 6. The van der Waals surface area contributed by atoms with Crippen LogP contribution in [-0.2, 0) is 19.6 Å². The lowest BCUT2D eigenvalue weighted by Crippen LogP contribution is -2.29. The van der Waals surface area contributed by atoms with E-state index in [2.05, 4.69) is 10.3 Å². The summed E-state index contributed by atoms with van der Waals surface area (Å²) in [4.78, 5) is 28.2. The molecule has 1 saturated heterocycles. The minimum absolute atomic E-state index is 0.0665.